The Morgan fingerprint density at radius 2 is 2.00 bits per heavy atom. The molecule has 0 aliphatic carbocycles. The van der Waals surface area contributed by atoms with Gasteiger partial charge in [0.2, 0.25) is 0 Å². The van der Waals surface area contributed by atoms with Crippen molar-refractivity contribution in [3.8, 4) is 0 Å². The highest BCUT2D eigenvalue weighted by Gasteiger charge is 2.23. The summed E-state index contributed by atoms with van der Waals surface area (Å²) in [5.41, 5.74) is 8.09. The quantitative estimate of drug-likeness (QED) is 0.805. The normalized spacial score (nSPS) is 11.7. The number of benzene rings is 1. The van der Waals surface area contributed by atoms with Crippen molar-refractivity contribution < 1.29 is 4.79 Å². The summed E-state index contributed by atoms with van der Waals surface area (Å²) in [6.07, 6.45) is 0. The lowest BCUT2D eigenvalue weighted by Crippen LogP contribution is -2.37. The van der Waals surface area contributed by atoms with E-state index in [0.29, 0.717) is 23.7 Å². The summed E-state index contributed by atoms with van der Waals surface area (Å²) >= 11 is 0. The second-order valence-electron chi connectivity index (χ2n) is 5.92. The molecular weight excluding hydrogens is 224 g/mol. The Hall–Kier alpha value is -1.51. The highest BCUT2D eigenvalue weighted by molar-refractivity contribution is 5.99. The van der Waals surface area contributed by atoms with Crippen molar-refractivity contribution in [3.05, 3.63) is 29.3 Å². The highest BCUT2D eigenvalue weighted by Crippen LogP contribution is 2.25. The largest absolute Gasteiger partial charge is 0.398 e. The number of nitrogens with one attached hydrogen (secondary N) is 1. The van der Waals surface area contributed by atoms with Crippen LogP contribution in [0.1, 0.15) is 43.6 Å². The summed E-state index contributed by atoms with van der Waals surface area (Å²) in [4.78, 5) is 12.1. The number of aryl methyl sites for hydroxylation is 1. The number of hydrogen-bond acceptors (Lipinski definition) is 2. The number of nitrogens with two attached hydrogens (primary N) is 1. The molecule has 0 heterocycles. The van der Waals surface area contributed by atoms with E-state index in [-0.39, 0.29) is 11.3 Å². The lowest BCUT2D eigenvalue weighted by atomic mass is 9.81. The van der Waals surface area contributed by atoms with Gasteiger partial charge in [-0.1, -0.05) is 33.8 Å². The molecule has 3 heteroatoms. The molecule has 0 atom stereocenters. The van der Waals surface area contributed by atoms with Gasteiger partial charge in [-0.25, -0.2) is 0 Å². The molecule has 0 spiro atoms. The zero-order valence-electron chi connectivity index (χ0n) is 12.0. The maximum atomic E-state index is 12.1. The minimum Gasteiger partial charge on any atom is -0.398 e. The van der Waals surface area contributed by atoms with E-state index in [2.05, 4.69) is 33.0 Å². The molecule has 3 N–H and O–H groups in total. The summed E-state index contributed by atoms with van der Waals surface area (Å²) in [7, 11) is 0. The van der Waals surface area contributed by atoms with Gasteiger partial charge in [-0.05, 0) is 36.0 Å². The predicted molar refractivity (Wildman–Crippen MR) is 76.5 cm³/mol. The van der Waals surface area contributed by atoms with Gasteiger partial charge in [-0.3, -0.25) is 4.79 Å². The van der Waals surface area contributed by atoms with Crippen LogP contribution >= 0.6 is 0 Å². The first kappa shape index (κ1) is 14.6. The SMILES string of the molecule is Cc1ccc(C(=O)NCC(C)(C)C(C)C)c(N)c1. The molecule has 0 fully saturated rings. The van der Waals surface area contributed by atoms with Crippen molar-refractivity contribution >= 4 is 11.6 Å². The van der Waals surface area contributed by atoms with Gasteiger partial charge in [0.1, 0.15) is 0 Å². The molecule has 0 radical (unpaired) electrons. The molecule has 0 aliphatic rings. The van der Waals surface area contributed by atoms with Crippen molar-refractivity contribution in [3.63, 3.8) is 0 Å². The minimum atomic E-state index is -0.0961. The Bertz CT molecular complexity index is 436. The third-order valence-corrected chi connectivity index (χ3v) is 3.72. The molecule has 100 valence electrons. The van der Waals surface area contributed by atoms with Crippen LogP contribution < -0.4 is 11.1 Å². The van der Waals surface area contributed by atoms with E-state index in [4.69, 9.17) is 5.73 Å². The fourth-order valence-electron chi connectivity index (χ4n) is 1.50. The molecule has 3 nitrogen and oxygen atoms in total. The molecule has 0 saturated carbocycles. The molecule has 0 saturated heterocycles. The number of carbonyl (C=O) groups is 1. The van der Waals surface area contributed by atoms with Crippen LogP contribution in [0.3, 0.4) is 0 Å². The number of anilines is 1. The minimum absolute atomic E-state index is 0.0785. The van der Waals surface area contributed by atoms with Crippen LogP contribution in [0.15, 0.2) is 18.2 Å². The Labute approximate surface area is 110 Å². The fraction of sp³-hybridized carbons (Fsp3) is 0.533. The summed E-state index contributed by atoms with van der Waals surface area (Å²) in [5.74, 6) is 0.411. The van der Waals surface area contributed by atoms with Gasteiger partial charge >= 0.3 is 0 Å². The van der Waals surface area contributed by atoms with Crippen molar-refractivity contribution in [2.75, 3.05) is 12.3 Å². The third-order valence-electron chi connectivity index (χ3n) is 3.72. The number of amides is 1. The molecule has 1 aromatic carbocycles. The van der Waals surface area contributed by atoms with E-state index in [1.165, 1.54) is 0 Å². The highest BCUT2D eigenvalue weighted by atomic mass is 16.1. The Kier molecular flexibility index (Phi) is 4.38. The van der Waals surface area contributed by atoms with Crippen LogP contribution in [0, 0.1) is 18.3 Å². The Morgan fingerprint density at radius 3 is 2.50 bits per heavy atom. The zero-order valence-corrected chi connectivity index (χ0v) is 12.0. The molecule has 0 aliphatic heterocycles. The van der Waals surface area contributed by atoms with Gasteiger partial charge in [0.25, 0.3) is 5.91 Å². The topological polar surface area (TPSA) is 55.1 Å². The van der Waals surface area contributed by atoms with Gasteiger partial charge < -0.3 is 11.1 Å². The molecule has 0 bridgehead atoms. The summed E-state index contributed by atoms with van der Waals surface area (Å²) < 4.78 is 0. The molecule has 18 heavy (non-hydrogen) atoms. The van der Waals surface area contributed by atoms with E-state index in [1.807, 2.05) is 19.1 Å². The van der Waals surface area contributed by atoms with Gasteiger partial charge in [0, 0.05) is 12.2 Å². The van der Waals surface area contributed by atoms with Crippen LogP contribution in [0.25, 0.3) is 0 Å². The van der Waals surface area contributed by atoms with E-state index in [1.54, 1.807) is 6.07 Å². The van der Waals surface area contributed by atoms with Gasteiger partial charge in [0.05, 0.1) is 5.56 Å². The van der Waals surface area contributed by atoms with E-state index < -0.39 is 0 Å². The molecule has 0 aromatic heterocycles. The molecule has 1 rings (SSSR count). The maximum Gasteiger partial charge on any atom is 0.253 e. The number of hydrogen-bond donors (Lipinski definition) is 2. The fourth-order valence-corrected chi connectivity index (χ4v) is 1.50. The smallest absolute Gasteiger partial charge is 0.253 e. The van der Waals surface area contributed by atoms with Crippen molar-refractivity contribution in [1.82, 2.24) is 5.32 Å². The van der Waals surface area contributed by atoms with Crippen LogP contribution in [-0.4, -0.2) is 12.5 Å². The summed E-state index contributed by atoms with van der Waals surface area (Å²) in [6.45, 7) is 11.2. The Balaban J connectivity index is 2.72. The first-order valence-corrected chi connectivity index (χ1v) is 6.38. The maximum absolute atomic E-state index is 12.1. The second-order valence-corrected chi connectivity index (χ2v) is 5.92. The van der Waals surface area contributed by atoms with Gasteiger partial charge in [-0.2, -0.15) is 0 Å². The Morgan fingerprint density at radius 1 is 1.39 bits per heavy atom. The van der Waals surface area contributed by atoms with Crippen LogP contribution in [0.5, 0.6) is 0 Å². The lowest BCUT2D eigenvalue weighted by molar-refractivity contribution is 0.0925. The molecule has 1 aromatic rings. The van der Waals surface area contributed by atoms with Gasteiger partial charge in [0.15, 0.2) is 0 Å². The number of rotatable bonds is 4. The van der Waals surface area contributed by atoms with E-state index in [0.717, 1.165) is 5.56 Å². The average Bonchev–Trinajstić information content (AvgIpc) is 2.25. The average molecular weight is 248 g/mol. The van der Waals surface area contributed by atoms with Gasteiger partial charge in [-0.15, -0.1) is 0 Å². The predicted octanol–water partition coefficient (Wildman–Crippen LogP) is 2.99. The van der Waals surface area contributed by atoms with Crippen molar-refractivity contribution in [2.45, 2.75) is 34.6 Å². The standard InChI is InChI=1S/C15H24N2O/c1-10(2)15(4,5)9-17-14(18)12-7-6-11(3)8-13(12)16/h6-8,10H,9,16H2,1-5H3,(H,17,18). The third kappa shape index (κ3) is 3.49. The molecular formula is C15H24N2O. The second kappa shape index (κ2) is 5.42. The molecule has 1 amide bonds. The summed E-state index contributed by atoms with van der Waals surface area (Å²) in [5, 5.41) is 2.96. The number of carbonyl (C=O) groups excluding carboxylic acids is 1. The number of nitrogen functional groups attached to an aromatic ring is 1. The summed E-state index contributed by atoms with van der Waals surface area (Å²) in [6, 6.07) is 5.50. The monoisotopic (exact) mass is 248 g/mol. The van der Waals surface area contributed by atoms with Crippen LogP contribution in [-0.2, 0) is 0 Å². The van der Waals surface area contributed by atoms with Crippen LogP contribution in [0.2, 0.25) is 0 Å². The first-order chi connectivity index (χ1) is 8.24. The van der Waals surface area contributed by atoms with E-state index in [9.17, 15) is 4.79 Å². The van der Waals surface area contributed by atoms with Crippen molar-refractivity contribution in [2.24, 2.45) is 11.3 Å². The van der Waals surface area contributed by atoms with Crippen molar-refractivity contribution in [1.29, 1.82) is 0 Å². The van der Waals surface area contributed by atoms with E-state index >= 15 is 0 Å². The first-order valence-electron chi connectivity index (χ1n) is 6.38. The van der Waals surface area contributed by atoms with Crippen LogP contribution in [0.4, 0.5) is 5.69 Å². The molecule has 0 unspecified atom stereocenters. The zero-order chi connectivity index (χ0) is 13.9. The lowest BCUT2D eigenvalue weighted by Gasteiger charge is -2.29.